The molecule has 6 heteroatoms. The Morgan fingerprint density at radius 2 is 2.20 bits per heavy atom. The summed E-state index contributed by atoms with van der Waals surface area (Å²) in [4.78, 5) is 19.0. The van der Waals surface area contributed by atoms with Crippen LogP contribution >= 0.6 is 45.2 Å². The van der Waals surface area contributed by atoms with Crippen LogP contribution in [0.1, 0.15) is 10.4 Å². The maximum absolute atomic E-state index is 10.9. The average Bonchev–Trinajstić information content (AvgIpc) is 2.60. The van der Waals surface area contributed by atoms with Crippen LogP contribution < -0.4 is 0 Å². The van der Waals surface area contributed by atoms with E-state index in [-0.39, 0.29) is 0 Å². The molecule has 0 saturated carbocycles. The van der Waals surface area contributed by atoms with E-state index in [1.807, 2.05) is 4.57 Å². The van der Waals surface area contributed by atoms with E-state index in [2.05, 4.69) is 55.1 Å². The quantitative estimate of drug-likeness (QED) is 0.549. The molecule has 2 rings (SSSR count). The van der Waals surface area contributed by atoms with Crippen molar-refractivity contribution in [3.63, 3.8) is 0 Å². The van der Waals surface area contributed by atoms with E-state index in [9.17, 15) is 4.79 Å². The number of carbonyl (C=O) groups is 1. The van der Waals surface area contributed by atoms with Crippen molar-refractivity contribution in [3.8, 4) is 5.69 Å². The number of imidazole rings is 1. The van der Waals surface area contributed by atoms with Crippen LogP contribution in [0.15, 0.2) is 24.8 Å². The third-order valence-corrected chi connectivity index (χ3v) is 4.74. The number of aldehydes is 1. The molecular formula is C9H5I2N3O. The minimum absolute atomic E-state index is 0.608. The van der Waals surface area contributed by atoms with Crippen LogP contribution in [0.4, 0.5) is 0 Å². The van der Waals surface area contributed by atoms with Gasteiger partial charge in [0.2, 0.25) is 0 Å². The number of hydrogen-bond acceptors (Lipinski definition) is 3. The van der Waals surface area contributed by atoms with Crippen LogP contribution in [0.25, 0.3) is 5.69 Å². The number of nitrogens with zero attached hydrogens (tertiary/aromatic N) is 3. The molecule has 0 unspecified atom stereocenters. The van der Waals surface area contributed by atoms with Crippen LogP contribution in [-0.4, -0.2) is 20.8 Å². The highest BCUT2D eigenvalue weighted by Crippen LogP contribution is 2.19. The monoisotopic (exact) mass is 425 g/mol. The molecule has 0 amide bonds. The smallest absolute Gasteiger partial charge is 0.152 e. The van der Waals surface area contributed by atoms with Gasteiger partial charge in [-0.05, 0) is 51.2 Å². The minimum atomic E-state index is 0.608. The fourth-order valence-corrected chi connectivity index (χ4v) is 2.09. The van der Waals surface area contributed by atoms with Gasteiger partial charge in [-0.3, -0.25) is 14.3 Å². The van der Waals surface area contributed by atoms with Gasteiger partial charge in [-0.1, -0.05) is 0 Å². The number of rotatable bonds is 2. The first-order chi connectivity index (χ1) is 7.24. The van der Waals surface area contributed by atoms with Crippen LogP contribution in [0.3, 0.4) is 0 Å². The van der Waals surface area contributed by atoms with E-state index < -0.39 is 0 Å². The van der Waals surface area contributed by atoms with Crippen LogP contribution in [0.5, 0.6) is 0 Å². The zero-order chi connectivity index (χ0) is 10.8. The number of aromatic nitrogens is 3. The third kappa shape index (κ3) is 2.05. The summed E-state index contributed by atoms with van der Waals surface area (Å²) in [7, 11) is 0. The summed E-state index contributed by atoms with van der Waals surface area (Å²) in [5.74, 6) is 0. The first-order valence-corrected chi connectivity index (χ1v) is 6.17. The summed E-state index contributed by atoms with van der Waals surface area (Å²) >= 11 is 4.33. The second kappa shape index (κ2) is 4.56. The van der Waals surface area contributed by atoms with E-state index in [1.54, 1.807) is 24.8 Å². The number of pyridine rings is 1. The fraction of sp³-hybridized carbons (Fsp3) is 0. The molecular weight excluding hydrogens is 420 g/mol. The first-order valence-electron chi connectivity index (χ1n) is 4.02. The Morgan fingerprint density at radius 1 is 1.40 bits per heavy atom. The standard InChI is InChI=1S/C9H5I2N3O/c10-8-9(11)14(5-13-8)7-3-12-2-1-6(7)4-15/h1-5H. The van der Waals surface area contributed by atoms with E-state index in [4.69, 9.17) is 0 Å². The van der Waals surface area contributed by atoms with Gasteiger partial charge in [0.05, 0.1) is 11.9 Å². The molecule has 0 aromatic carbocycles. The van der Waals surface area contributed by atoms with E-state index >= 15 is 0 Å². The molecule has 2 aromatic rings. The van der Waals surface area contributed by atoms with E-state index in [0.29, 0.717) is 5.56 Å². The lowest BCUT2D eigenvalue weighted by Crippen LogP contribution is -2.00. The summed E-state index contributed by atoms with van der Waals surface area (Å²) in [6.45, 7) is 0. The SMILES string of the molecule is O=Cc1ccncc1-n1cnc(I)c1I. The van der Waals surface area contributed by atoms with Crippen LogP contribution in [0, 0.1) is 7.40 Å². The molecule has 4 nitrogen and oxygen atoms in total. The molecule has 0 fully saturated rings. The Bertz CT molecular complexity index is 510. The number of halogens is 2. The molecule has 76 valence electrons. The second-order valence-electron chi connectivity index (χ2n) is 2.75. The molecule has 0 N–H and O–H groups in total. The van der Waals surface area contributed by atoms with Gasteiger partial charge in [0, 0.05) is 11.8 Å². The van der Waals surface area contributed by atoms with E-state index in [1.165, 1.54) is 0 Å². The highest BCUT2D eigenvalue weighted by molar-refractivity contribution is 14.1. The molecule has 0 spiro atoms. The van der Waals surface area contributed by atoms with Crippen molar-refractivity contribution in [1.29, 1.82) is 0 Å². The number of carbonyl (C=O) groups excluding carboxylic acids is 1. The Balaban J connectivity index is 2.63. The van der Waals surface area contributed by atoms with Crippen molar-refractivity contribution in [2.75, 3.05) is 0 Å². The van der Waals surface area contributed by atoms with Crippen molar-refractivity contribution in [2.24, 2.45) is 0 Å². The summed E-state index contributed by atoms with van der Waals surface area (Å²) in [5, 5.41) is 0. The lowest BCUT2D eigenvalue weighted by molar-refractivity contribution is 0.112. The lowest BCUT2D eigenvalue weighted by Gasteiger charge is -2.05. The van der Waals surface area contributed by atoms with Gasteiger partial charge in [-0.15, -0.1) is 0 Å². The predicted molar refractivity (Wildman–Crippen MR) is 72.2 cm³/mol. The topological polar surface area (TPSA) is 47.8 Å². The predicted octanol–water partition coefficient (Wildman–Crippen LogP) is 2.29. The molecule has 0 aliphatic rings. The van der Waals surface area contributed by atoms with Crippen molar-refractivity contribution < 1.29 is 4.79 Å². The van der Waals surface area contributed by atoms with Crippen molar-refractivity contribution >= 4 is 51.5 Å². The van der Waals surface area contributed by atoms with Crippen molar-refractivity contribution in [2.45, 2.75) is 0 Å². The largest absolute Gasteiger partial charge is 0.298 e. The zero-order valence-electron chi connectivity index (χ0n) is 7.39. The zero-order valence-corrected chi connectivity index (χ0v) is 11.7. The molecule has 0 aliphatic heterocycles. The second-order valence-corrected chi connectivity index (χ2v) is 4.79. The number of hydrogen-bond donors (Lipinski definition) is 0. The van der Waals surface area contributed by atoms with Gasteiger partial charge in [-0.25, -0.2) is 4.98 Å². The van der Waals surface area contributed by atoms with Crippen LogP contribution in [-0.2, 0) is 0 Å². The van der Waals surface area contributed by atoms with Gasteiger partial charge in [-0.2, -0.15) is 0 Å². The molecule has 2 aromatic heterocycles. The lowest BCUT2D eigenvalue weighted by atomic mass is 10.2. The summed E-state index contributed by atoms with van der Waals surface area (Å²) < 4.78 is 3.73. The Labute approximate surface area is 113 Å². The van der Waals surface area contributed by atoms with Gasteiger partial charge < -0.3 is 0 Å². The van der Waals surface area contributed by atoms with Crippen molar-refractivity contribution in [3.05, 3.63) is 37.8 Å². The Morgan fingerprint density at radius 3 is 2.80 bits per heavy atom. The Hall–Kier alpha value is -0.510. The minimum Gasteiger partial charge on any atom is -0.298 e. The summed E-state index contributed by atoms with van der Waals surface area (Å²) in [5.41, 5.74) is 1.36. The fourth-order valence-electron chi connectivity index (χ4n) is 1.18. The van der Waals surface area contributed by atoms with Gasteiger partial charge in [0.15, 0.2) is 6.29 Å². The van der Waals surface area contributed by atoms with E-state index in [0.717, 1.165) is 19.4 Å². The molecule has 0 radical (unpaired) electrons. The highest BCUT2D eigenvalue weighted by Gasteiger charge is 2.10. The maximum atomic E-state index is 10.9. The van der Waals surface area contributed by atoms with Gasteiger partial charge >= 0.3 is 0 Å². The molecule has 15 heavy (non-hydrogen) atoms. The molecule has 2 heterocycles. The molecule has 0 bridgehead atoms. The van der Waals surface area contributed by atoms with Crippen molar-refractivity contribution in [1.82, 2.24) is 14.5 Å². The maximum Gasteiger partial charge on any atom is 0.152 e. The summed E-state index contributed by atoms with van der Waals surface area (Å²) in [6, 6.07) is 1.69. The first kappa shape index (κ1) is 11.0. The summed E-state index contributed by atoms with van der Waals surface area (Å²) in [6.07, 6.45) is 5.76. The molecule has 0 aliphatic carbocycles. The van der Waals surface area contributed by atoms with Gasteiger partial charge in [0.1, 0.15) is 13.7 Å². The Kier molecular flexibility index (Phi) is 3.34. The molecule has 0 saturated heterocycles. The molecule has 0 atom stereocenters. The normalized spacial score (nSPS) is 10.3. The van der Waals surface area contributed by atoms with Gasteiger partial charge in [0.25, 0.3) is 0 Å². The average molecular weight is 425 g/mol. The third-order valence-electron chi connectivity index (χ3n) is 1.89. The van der Waals surface area contributed by atoms with Crippen LogP contribution in [0.2, 0.25) is 0 Å². The highest BCUT2D eigenvalue weighted by atomic mass is 127.